The number of aliphatic carboxylic acids is 1. The number of hydrogen-bond donors (Lipinski definition) is 3. The first-order valence-electron chi connectivity index (χ1n) is 6.20. The Morgan fingerprint density at radius 3 is 2.79 bits per heavy atom. The van der Waals surface area contributed by atoms with E-state index >= 15 is 0 Å². The SMILES string of the molecule is O=C(O)C1(CNc2cc3ccccc3c(=O)[nH]2)CC1. The summed E-state index contributed by atoms with van der Waals surface area (Å²) < 4.78 is 0. The van der Waals surface area contributed by atoms with Crippen LogP contribution in [0.4, 0.5) is 5.82 Å². The molecule has 0 atom stereocenters. The third-order valence-electron chi connectivity index (χ3n) is 3.68. The average molecular weight is 258 g/mol. The lowest BCUT2D eigenvalue weighted by molar-refractivity contribution is -0.142. The number of anilines is 1. The van der Waals surface area contributed by atoms with Gasteiger partial charge in [0.25, 0.3) is 5.56 Å². The fraction of sp³-hybridized carbons (Fsp3) is 0.286. The molecule has 1 aliphatic carbocycles. The Labute approximate surface area is 109 Å². The van der Waals surface area contributed by atoms with E-state index in [2.05, 4.69) is 10.3 Å². The maximum absolute atomic E-state index is 11.9. The van der Waals surface area contributed by atoms with Crippen molar-refractivity contribution in [2.75, 3.05) is 11.9 Å². The van der Waals surface area contributed by atoms with Crippen molar-refractivity contribution in [2.24, 2.45) is 5.41 Å². The molecule has 3 rings (SSSR count). The Morgan fingerprint density at radius 2 is 2.11 bits per heavy atom. The second-order valence-electron chi connectivity index (χ2n) is 5.04. The number of fused-ring (bicyclic) bond motifs is 1. The van der Waals surface area contributed by atoms with Gasteiger partial charge < -0.3 is 15.4 Å². The number of rotatable bonds is 4. The third kappa shape index (κ3) is 2.07. The number of pyridine rings is 1. The van der Waals surface area contributed by atoms with Crippen molar-refractivity contribution in [1.29, 1.82) is 0 Å². The van der Waals surface area contributed by atoms with Gasteiger partial charge in [-0.15, -0.1) is 0 Å². The summed E-state index contributed by atoms with van der Waals surface area (Å²) in [7, 11) is 0. The number of benzene rings is 1. The molecule has 19 heavy (non-hydrogen) atoms. The van der Waals surface area contributed by atoms with Crippen LogP contribution in [0.1, 0.15) is 12.8 Å². The molecule has 0 bridgehead atoms. The molecule has 1 aromatic heterocycles. The van der Waals surface area contributed by atoms with Crippen LogP contribution < -0.4 is 10.9 Å². The van der Waals surface area contributed by atoms with Gasteiger partial charge >= 0.3 is 5.97 Å². The van der Waals surface area contributed by atoms with Gasteiger partial charge in [0.05, 0.1) is 5.41 Å². The number of carboxylic acids is 1. The van der Waals surface area contributed by atoms with E-state index in [0.29, 0.717) is 30.6 Å². The van der Waals surface area contributed by atoms with E-state index in [-0.39, 0.29) is 5.56 Å². The van der Waals surface area contributed by atoms with Crippen molar-refractivity contribution in [3.05, 3.63) is 40.7 Å². The zero-order valence-electron chi connectivity index (χ0n) is 10.3. The molecular weight excluding hydrogens is 244 g/mol. The Kier molecular flexibility index (Phi) is 2.55. The van der Waals surface area contributed by atoms with Crippen LogP contribution in [0.2, 0.25) is 0 Å². The molecule has 5 nitrogen and oxygen atoms in total. The van der Waals surface area contributed by atoms with Crippen LogP contribution in [0, 0.1) is 5.41 Å². The van der Waals surface area contributed by atoms with Gasteiger partial charge in [-0.25, -0.2) is 0 Å². The smallest absolute Gasteiger partial charge is 0.311 e. The minimum Gasteiger partial charge on any atom is -0.481 e. The van der Waals surface area contributed by atoms with E-state index < -0.39 is 11.4 Å². The summed E-state index contributed by atoms with van der Waals surface area (Å²) in [5, 5.41) is 13.6. The summed E-state index contributed by atoms with van der Waals surface area (Å²) in [5.74, 6) is -0.209. The Hall–Kier alpha value is -2.30. The highest BCUT2D eigenvalue weighted by atomic mass is 16.4. The number of H-pyrrole nitrogens is 1. The number of hydrogen-bond acceptors (Lipinski definition) is 3. The molecule has 2 aromatic rings. The number of aromatic amines is 1. The Morgan fingerprint density at radius 1 is 1.37 bits per heavy atom. The second-order valence-corrected chi connectivity index (χ2v) is 5.04. The highest BCUT2D eigenvalue weighted by Gasteiger charge is 2.50. The Bertz CT molecular complexity index is 701. The molecule has 0 radical (unpaired) electrons. The molecule has 1 aliphatic rings. The molecule has 1 aromatic carbocycles. The average Bonchev–Trinajstić information content (AvgIpc) is 3.18. The van der Waals surface area contributed by atoms with Gasteiger partial charge in [0, 0.05) is 11.9 Å². The molecule has 0 unspecified atom stereocenters. The molecule has 0 saturated heterocycles. The fourth-order valence-electron chi connectivity index (χ4n) is 2.19. The normalized spacial score (nSPS) is 16.2. The molecule has 3 N–H and O–H groups in total. The predicted molar refractivity (Wildman–Crippen MR) is 72.4 cm³/mol. The van der Waals surface area contributed by atoms with E-state index in [1.54, 1.807) is 6.07 Å². The van der Waals surface area contributed by atoms with E-state index in [1.165, 1.54) is 0 Å². The van der Waals surface area contributed by atoms with Gasteiger partial charge in [0.15, 0.2) is 0 Å². The monoisotopic (exact) mass is 258 g/mol. The predicted octanol–water partition coefficient (Wildman–Crippen LogP) is 1.80. The van der Waals surface area contributed by atoms with E-state index in [9.17, 15) is 9.59 Å². The van der Waals surface area contributed by atoms with Crippen molar-refractivity contribution >= 4 is 22.6 Å². The molecule has 1 fully saturated rings. The van der Waals surface area contributed by atoms with Gasteiger partial charge in [-0.1, -0.05) is 18.2 Å². The standard InChI is InChI=1S/C14H14N2O3/c17-12-10-4-2-1-3-9(10)7-11(16-12)15-8-14(5-6-14)13(18)19/h1-4,7H,5-6,8H2,(H,18,19)(H2,15,16,17). The zero-order valence-corrected chi connectivity index (χ0v) is 10.3. The maximum Gasteiger partial charge on any atom is 0.311 e. The van der Waals surface area contributed by atoms with E-state index in [0.717, 1.165) is 5.39 Å². The summed E-state index contributed by atoms with van der Waals surface area (Å²) in [4.78, 5) is 25.7. The van der Waals surface area contributed by atoms with Gasteiger partial charge in [-0.2, -0.15) is 0 Å². The zero-order chi connectivity index (χ0) is 13.5. The third-order valence-corrected chi connectivity index (χ3v) is 3.68. The summed E-state index contributed by atoms with van der Waals surface area (Å²) >= 11 is 0. The highest BCUT2D eigenvalue weighted by Crippen LogP contribution is 2.45. The summed E-state index contributed by atoms with van der Waals surface area (Å²) in [5.41, 5.74) is -0.816. The van der Waals surface area contributed by atoms with Crippen molar-refractivity contribution in [2.45, 2.75) is 12.8 Å². The summed E-state index contributed by atoms with van der Waals surface area (Å²) in [6, 6.07) is 9.13. The van der Waals surface area contributed by atoms with Crippen molar-refractivity contribution in [3.63, 3.8) is 0 Å². The number of aromatic nitrogens is 1. The lowest BCUT2D eigenvalue weighted by atomic mass is 10.1. The van der Waals surface area contributed by atoms with Crippen LogP contribution >= 0.6 is 0 Å². The molecule has 98 valence electrons. The molecule has 0 spiro atoms. The van der Waals surface area contributed by atoms with Crippen molar-refractivity contribution < 1.29 is 9.90 Å². The lowest BCUT2D eigenvalue weighted by Gasteiger charge is -2.12. The molecule has 0 aliphatic heterocycles. The minimum absolute atomic E-state index is 0.166. The summed E-state index contributed by atoms with van der Waals surface area (Å²) in [6.07, 6.45) is 1.38. The van der Waals surface area contributed by atoms with Crippen LogP contribution in [-0.2, 0) is 4.79 Å². The quantitative estimate of drug-likeness (QED) is 0.781. The minimum atomic E-state index is -0.775. The number of carbonyl (C=O) groups is 1. The molecular formula is C14H14N2O3. The first kappa shape index (κ1) is 11.8. The van der Waals surface area contributed by atoms with Gasteiger partial charge in [0.1, 0.15) is 5.82 Å². The summed E-state index contributed by atoms with van der Waals surface area (Å²) in [6.45, 7) is 0.344. The largest absolute Gasteiger partial charge is 0.481 e. The van der Waals surface area contributed by atoms with Crippen molar-refractivity contribution in [1.82, 2.24) is 4.98 Å². The van der Waals surface area contributed by atoms with Crippen LogP contribution in [0.5, 0.6) is 0 Å². The van der Waals surface area contributed by atoms with Crippen molar-refractivity contribution in [3.8, 4) is 0 Å². The van der Waals surface area contributed by atoms with Crippen LogP contribution in [-0.4, -0.2) is 22.6 Å². The number of carboxylic acid groups (broad SMARTS) is 1. The van der Waals surface area contributed by atoms with E-state index in [1.807, 2.05) is 24.3 Å². The van der Waals surface area contributed by atoms with Gasteiger partial charge in [-0.3, -0.25) is 9.59 Å². The van der Waals surface area contributed by atoms with E-state index in [4.69, 9.17) is 5.11 Å². The van der Waals surface area contributed by atoms with Gasteiger partial charge in [0.2, 0.25) is 0 Å². The first-order chi connectivity index (χ1) is 9.11. The van der Waals surface area contributed by atoms with Crippen LogP contribution in [0.15, 0.2) is 35.1 Å². The topological polar surface area (TPSA) is 82.2 Å². The van der Waals surface area contributed by atoms with Gasteiger partial charge in [-0.05, 0) is 30.4 Å². The van der Waals surface area contributed by atoms with Crippen LogP contribution in [0.25, 0.3) is 10.8 Å². The molecule has 1 heterocycles. The highest BCUT2D eigenvalue weighted by molar-refractivity contribution is 5.84. The molecule has 5 heteroatoms. The maximum atomic E-state index is 11.9. The van der Waals surface area contributed by atoms with Crippen LogP contribution in [0.3, 0.4) is 0 Å². The fourth-order valence-corrected chi connectivity index (χ4v) is 2.19. The first-order valence-corrected chi connectivity index (χ1v) is 6.20. The number of nitrogens with one attached hydrogen (secondary N) is 2. The Balaban J connectivity index is 1.86. The lowest BCUT2D eigenvalue weighted by Crippen LogP contribution is -2.25. The molecule has 1 saturated carbocycles. The second kappa shape index (κ2) is 4.12. The molecule has 0 amide bonds.